The minimum Gasteiger partial charge on any atom is -0.322 e. The van der Waals surface area contributed by atoms with E-state index < -0.39 is 0 Å². The molecule has 0 aliphatic carbocycles. The van der Waals surface area contributed by atoms with E-state index in [1.807, 2.05) is 6.92 Å². The van der Waals surface area contributed by atoms with Gasteiger partial charge in [0.05, 0.1) is 17.3 Å². The molecule has 2 aromatic heterocycles. The second kappa shape index (κ2) is 4.56. The normalized spacial score (nSPS) is 12.7. The first kappa shape index (κ1) is 12.2. The topological polar surface area (TPSA) is 73.8 Å². The molecule has 0 fully saturated rings. The van der Waals surface area contributed by atoms with Crippen molar-refractivity contribution in [3.05, 3.63) is 33.0 Å². The molecule has 7 heteroatoms. The Labute approximate surface area is 107 Å². The lowest BCUT2D eigenvalue weighted by Gasteiger charge is -2.00. The number of carbonyl (C=O) groups excluding carboxylic acids is 1. The van der Waals surface area contributed by atoms with Gasteiger partial charge in [-0.25, -0.2) is 4.98 Å². The van der Waals surface area contributed by atoms with Crippen LogP contribution in [0.4, 0.5) is 0 Å². The predicted molar refractivity (Wildman–Crippen MR) is 66.4 cm³/mol. The number of aromatic nitrogens is 3. The Morgan fingerprint density at radius 3 is 2.82 bits per heavy atom. The monoisotopic (exact) mass is 270 g/mol. The van der Waals surface area contributed by atoms with E-state index in [9.17, 15) is 4.79 Å². The third-order valence-electron chi connectivity index (χ3n) is 2.25. The number of carbonyl (C=O) groups is 1. The molecular weight excluding hydrogens is 260 g/mol. The first-order valence-corrected chi connectivity index (χ1v) is 6.19. The molecule has 0 bridgehead atoms. The summed E-state index contributed by atoms with van der Waals surface area (Å²) in [7, 11) is 1.66. The van der Waals surface area contributed by atoms with Crippen molar-refractivity contribution >= 4 is 28.7 Å². The van der Waals surface area contributed by atoms with Crippen molar-refractivity contribution < 1.29 is 4.79 Å². The Balaban J connectivity index is 2.37. The Morgan fingerprint density at radius 2 is 2.35 bits per heavy atom. The van der Waals surface area contributed by atoms with Crippen LogP contribution in [0.1, 0.15) is 34.2 Å². The molecular formula is C10H11ClN4OS. The van der Waals surface area contributed by atoms with Crippen molar-refractivity contribution in [3.63, 3.8) is 0 Å². The molecule has 90 valence electrons. The molecule has 2 N–H and O–H groups in total. The maximum absolute atomic E-state index is 12.1. The molecule has 2 heterocycles. The fourth-order valence-corrected chi connectivity index (χ4v) is 2.40. The highest BCUT2D eigenvalue weighted by atomic mass is 35.5. The maximum Gasteiger partial charge on any atom is 0.231 e. The summed E-state index contributed by atoms with van der Waals surface area (Å²) < 4.78 is 1.44. The van der Waals surface area contributed by atoms with Crippen LogP contribution >= 0.6 is 22.9 Å². The molecule has 5 nitrogen and oxygen atoms in total. The predicted octanol–water partition coefficient (Wildman–Crippen LogP) is 1.78. The van der Waals surface area contributed by atoms with E-state index in [2.05, 4.69) is 10.1 Å². The number of ketones is 1. The maximum atomic E-state index is 12.1. The smallest absolute Gasteiger partial charge is 0.231 e. The van der Waals surface area contributed by atoms with Gasteiger partial charge in [-0.2, -0.15) is 5.10 Å². The van der Waals surface area contributed by atoms with E-state index in [-0.39, 0.29) is 11.8 Å². The number of thiazole rings is 1. The van der Waals surface area contributed by atoms with Gasteiger partial charge in [-0.15, -0.1) is 11.3 Å². The highest BCUT2D eigenvalue weighted by Crippen LogP contribution is 2.21. The van der Waals surface area contributed by atoms with Crippen molar-refractivity contribution in [3.8, 4) is 0 Å². The highest BCUT2D eigenvalue weighted by molar-refractivity contribution is 7.09. The van der Waals surface area contributed by atoms with Crippen LogP contribution in [-0.2, 0) is 7.05 Å². The molecule has 1 unspecified atom stereocenters. The second-order valence-corrected chi connectivity index (χ2v) is 4.95. The van der Waals surface area contributed by atoms with Gasteiger partial charge in [0.25, 0.3) is 0 Å². The molecule has 2 rings (SSSR count). The molecule has 1 atom stereocenters. The molecule has 0 saturated heterocycles. The number of aryl methyl sites for hydroxylation is 1. The van der Waals surface area contributed by atoms with Gasteiger partial charge in [-0.05, 0) is 6.92 Å². The standard InChI is InChI=1S/C10H11ClN4OS/c1-5(12)10-14-7(4-17-10)9(16)8-6(11)3-13-15(8)2/h3-5H,12H2,1-2H3. The Bertz CT molecular complexity index is 541. The lowest BCUT2D eigenvalue weighted by molar-refractivity contribution is 0.102. The van der Waals surface area contributed by atoms with Gasteiger partial charge in [0.1, 0.15) is 16.4 Å². The molecule has 2 aromatic rings. The Hall–Kier alpha value is -1.24. The molecule has 0 saturated carbocycles. The SMILES string of the molecule is CC(N)c1nc(C(=O)c2c(Cl)cnn2C)cs1. The summed E-state index contributed by atoms with van der Waals surface area (Å²) >= 11 is 7.27. The number of hydrogen-bond acceptors (Lipinski definition) is 5. The summed E-state index contributed by atoms with van der Waals surface area (Å²) in [6.07, 6.45) is 1.44. The summed E-state index contributed by atoms with van der Waals surface area (Å²) in [6.45, 7) is 1.82. The van der Waals surface area contributed by atoms with Gasteiger partial charge in [-0.1, -0.05) is 11.6 Å². The van der Waals surface area contributed by atoms with E-state index in [0.29, 0.717) is 16.4 Å². The number of nitrogens with zero attached hydrogens (tertiary/aromatic N) is 3. The first-order valence-electron chi connectivity index (χ1n) is 4.94. The van der Waals surface area contributed by atoms with Gasteiger partial charge in [-0.3, -0.25) is 9.48 Å². The van der Waals surface area contributed by atoms with E-state index >= 15 is 0 Å². The minimum absolute atomic E-state index is 0.177. The minimum atomic E-state index is -0.238. The fourth-order valence-electron chi connectivity index (χ4n) is 1.39. The van der Waals surface area contributed by atoms with Crippen LogP contribution in [0.5, 0.6) is 0 Å². The third-order valence-corrected chi connectivity index (χ3v) is 3.58. The first-order chi connectivity index (χ1) is 8.00. The molecule has 17 heavy (non-hydrogen) atoms. The van der Waals surface area contributed by atoms with Crippen molar-refractivity contribution in [2.45, 2.75) is 13.0 Å². The zero-order valence-electron chi connectivity index (χ0n) is 9.35. The van der Waals surface area contributed by atoms with E-state index in [4.69, 9.17) is 17.3 Å². The summed E-state index contributed by atoms with van der Waals surface area (Å²) in [5.74, 6) is -0.238. The van der Waals surface area contributed by atoms with Crippen LogP contribution in [0.2, 0.25) is 5.02 Å². The van der Waals surface area contributed by atoms with Crippen molar-refractivity contribution in [1.29, 1.82) is 0 Å². The van der Waals surface area contributed by atoms with Gasteiger partial charge in [0.2, 0.25) is 5.78 Å². The van der Waals surface area contributed by atoms with Crippen molar-refractivity contribution in [2.24, 2.45) is 12.8 Å². The average Bonchev–Trinajstić information content (AvgIpc) is 2.85. The second-order valence-electron chi connectivity index (χ2n) is 3.65. The average molecular weight is 271 g/mol. The zero-order valence-corrected chi connectivity index (χ0v) is 10.9. The summed E-state index contributed by atoms with van der Waals surface area (Å²) in [6, 6.07) is -0.177. The van der Waals surface area contributed by atoms with Gasteiger partial charge in [0.15, 0.2) is 0 Å². The number of nitrogens with two attached hydrogens (primary N) is 1. The fraction of sp³-hybridized carbons (Fsp3) is 0.300. The van der Waals surface area contributed by atoms with E-state index in [1.165, 1.54) is 22.2 Å². The zero-order chi connectivity index (χ0) is 12.6. The van der Waals surface area contributed by atoms with E-state index in [1.54, 1.807) is 12.4 Å². The third kappa shape index (κ3) is 2.24. The number of hydrogen-bond donors (Lipinski definition) is 1. The summed E-state index contributed by atoms with van der Waals surface area (Å²) in [5.41, 5.74) is 6.39. The number of rotatable bonds is 3. The molecule has 0 spiro atoms. The van der Waals surface area contributed by atoms with Crippen molar-refractivity contribution in [2.75, 3.05) is 0 Å². The van der Waals surface area contributed by atoms with Crippen molar-refractivity contribution in [1.82, 2.24) is 14.8 Å². The van der Waals surface area contributed by atoms with E-state index in [0.717, 1.165) is 5.01 Å². The quantitative estimate of drug-likeness (QED) is 0.863. The summed E-state index contributed by atoms with van der Waals surface area (Å²) in [4.78, 5) is 16.3. The largest absolute Gasteiger partial charge is 0.322 e. The van der Waals surface area contributed by atoms with Crippen LogP contribution < -0.4 is 5.73 Å². The van der Waals surface area contributed by atoms with Crippen LogP contribution in [0.3, 0.4) is 0 Å². The van der Waals surface area contributed by atoms with Gasteiger partial charge >= 0.3 is 0 Å². The van der Waals surface area contributed by atoms with Crippen LogP contribution in [-0.4, -0.2) is 20.5 Å². The molecule has 0 aliphatic heterocycles. The Kier molecular flexibility index (Phi) is 3.28. The van der Waals surface area contributed by atoms with Crippen LogP contribution in [0.15, 0.2) is 11.6 Å². The Morgan fingerprint density at radius 1 is 1.65 bits per heavy atom. The highest BCUT2D eigenvalue weighted by Gasteiger charge is 2.20. The molecule has 0 aliphatic rings. The molecule has 0 radical (unpaired) electrons. The van der Waals surface area contributed by atoms with Gasteiger partial charge in [0, 0.05) is 12.4 Å². The lowest BCUT2D eigenvalue weighted by atomic mass is 10.2. The molecule has 0 amide bonds. The van der Waals surface area contributed by atoms with Crippen LogP contribution in [0.25, 0.3) is 0 Å². The van der Waals surface area contributed by atoms with Crippen LogP contribution in [0, 0.1) is 0 Å². The summed E-state index contributed by atoms with van der Waals surface area (Å²) in [5, 5.41) is 6.66. The molecule has 0 aromatic carbocycles. The lowest BCUT2D eigenvalue weighted by Crippen LogP contribution is -2.10. The number of halogens is 1. The van der Waals surface area contributed by atoms with Gasteiger partial charge < -0.3 is 5.73 Å².